The van der Waals surface area contributed by atoms with Gasteiger partial charge < -0.3 is 14.8 Å². The summed E-state index contributed by atoms with van der Waals surface area (Å²) in [6.07, 6.45) is 5.21. The minimum Gasteiger partial charge on any atom is -0.337 e. The van der Waals surface area contributed by atoms with Crippen LogP contribution in [0.25, 0.3) is 22.0 Å². The van der Waals surface area contributed by atoms with Gasteiger partial charge >= 0.3 is 0 Å². The molecule has 4 aromatic rings. The molecule has 3 aromatic heterocycles. The van der Waals surface area contributed by atoms with Crippen LogP contribution in [-0.4, -0.2) is 44.3 Å². The number of aryl methyl sites for hydroxylation is 1. The van der Waals surface area contributed by atoms with Gasteiger partial charge in [0.15, 0.2) is 11.0 Å². The third kappa shape index (κ3) is 4.46. The van der Waals surface area contributed by atoms with E-state index in [2.05, 4.69) is 10.3 Å². The molecule has 0 spiro atoms. The topological polar surface area (TPSA) is 80.1 Å². The monoisotopic (exact) mass is 477 g/mol. The lowest BCUT2D eigenvalue weighted by Gasteiger charge is -2.31. The Morgan fingerprint density at radius 1 is 1.15 bits per heavy atom. The van der Waals surface area contributed by atoms with Gasteiger partial charge in [0.05, 0.1) is 21.4 Å². The highest BCUT2D eigenvalue weighted by Gasteiger charge is 2.30. The van der Waals surface area contributed by atoms with E-state index in [1.165, 1.54) is 22.7 Å². The number of aromatic nitrogens is 3. The maximum atomic E-state index is 13.1. The minimum absolute atomic E-state index is 0.000167. The lowest BCUT2D eigenvalue weighted by atomic mass is 9.97. The molecule has 1 aliphatic rings. The molecule has 0 aliphatic carbocycles. The summed E-state index contributed by atoms with van der Waals surface area (Å²) in [6.45, 7) is 1.10. The van der Waals surface area contributed by atoms with Crippen molar-refractivity contribution in [3.63, 3.8) is 0 Å². The van der Waals surface area contributed by atoms with Gasteiger partial charge in [-0.15, -0.1) is 11.3 Å². The van der Waals surface area contributed by atoms with Crippen LogP contribution < -0.4 is 5.32 Å². The first-order chi connectivity index (χ1) is 16.1. The number of nitrogens with one attached hydrogen (secondary N) is 1. The third-order valence-corrected chi connectivity index (χ3v) is 7.56. The molecule has 1 N–H and O–H groups in total. The minimum atomic E-state index is -0.261. The first-order valence-electron chi connectivity index (χ1n) is 10.8. The van der Waals surface area contributed by atoms with Crippen molar-refractivity contribution in [3.8, 4) is 22.0 Å². The fourth-order valence-electron chi connectivity index (χ4n) is 4.04. The number of hydrogen-bond donors (Lipinski definition) is 1. The number of thiophene rings is 1. The van der Waals surface area contributed by atoms with E-state index in [-0.39, 0.29) is 17.7 Å². The molecule has 9 heteroatoms. The maximum absolute atomic E-state index is 13.1. The Labute approximate surface area is 199 Å². The fourth-order valence-corrected chi connectivity index (χ4v) is 5.76. The quantitative estimate of drug-likeness (QED) is 0.449. The molecule has 1 atom stereocenters. The number of carbonyl (C=O) groups excluding carboxylic acids is 2. The van der Waals surface area contributed by atoms with Crippen LogP contribution >= 0.6 is 22.7 Å². The van der Waals surface area contributed by atoms with E-state index in [0.717, 1.165) is 34.8 Å². The molecular formula is C24H23N5O2S2. The molecule has 1 aromatic carbocycles. The molecule has 0 saturated carbocycles. The van der Waals surface area contributed by atoms with Gasteiger partial charge in [0.2, 0.25) is 5.91 Å². The molecule has 1 saturated heterocycles. The molecule has 168 valence electrons. The first-order valence-corrected chi connectivity index (χ1v) is 12.5. The Balaban J connectivity index is 1.37. The van der Waals surface area contributed by atoms with Crippen molar-refractivity contribution in [1.82, 2.24) is 19.4 Å². The number of anilines is 1. The molecule has 0 unspecified atom stereocenters. The number of nitrogens with zero attached hydrogens (tertiary/aromatic N) is 4. The van der Waals surface area contributed by atoms with Gasteiger partial charge in [-0.2, -0.15) is 0 Å². The van der Waals surface area contributed by atoms with Gasteiger partial charge in [-0.1, -0.05) is 47.7 Å². The van der Waals surface area contributed by atoms with E-state index in [0.29, 0.717) is 23.1 Å². The first kappa shape index (κ1) is 21.5. The standard InChI is InChI=1S/C24H23N5O2S2/c1-28-13-11-25-21(28)20-19(16-7-3-2-4-8-16)26-24(33-20)27-22(30)17-9-5-12-29(15-17)23(31)18-10-6-14-32-18/h2-4,6-8,10-11,13-14,17H,5,9,12,15H2,1H3,(H,26,27,30)/t17-/m1/s1. The van der Waals surface area contributed by atoms with Crippen molar-refractivity contribution in [1.29, 1.82) is 0 Å². The summed E-state index contributed by atoms with van der Waals surface area (Å²) in [5, 5.41) is 5.45. The summed E-state index contributed by atoms with van der Waals surface area (Å²) in [5.41, 5.74) is 1.76. The van der Waals surface area contributed by atoms with E-state index in [1.54, 1.807) is 11.1 Å². The Hall–Kier alpha value is -3.30. The van der Waals surface area contributed by atoms with Crippen LogP contribution in [0, 0.1) is 5.92 Å². The van der Waals surface area contributed by atoms with Crippen molar-refractivity contribution in [2.24, 2.45) is 13.0 Å². The van der Waals surface area contributed by atoms with Crippen molar-refractivity contribution >= 4 is 39.6 Å². The van der Waals surface area contributed by atoms with Gasteiger partial charge in [0.1, 0.15) is 0 Å². The molecule has 0 bridgehead atoms. The number of thiazole rings is 1. The number of amides is 2. The second kappa shape index (κ2) is 9.29. The molecular weight excluding hydrogens is 454 g/mol. The highest BCUT2D eigenvalue weighted by atomic mass is 32.1. The lowest BCUT2D eigenvalue weighted by molar-refractivity contribution is -0.121. The normalized spacial score (nSPS) is 16.0. The number of hydrogen-bond acceptors (Lipinski definition) is 6. The average Bonchev–Trinajstić information content (AvgIpc) is 3.60. The highest BCUT2D eigenvalue weighted by Crippen LogP contribution is 2.38. The van der Waals surface area contributed by atoms with Crippen molar-refractivity contribution in [3.05, 3.63) is 65.1 Å². The van der Waals surface area contributed by atoms with Crippen LogP contribution in [0.4, 0.5) is 5.13 Å². The van der Waals surface area contributed by atoms with E-state index >= 15 is 0 Å². The fraction of sp³-hybridized carbons (Fsp3) is 0.250. The zero-order valence-electron chi connectivity index (χ0n) is 18.1. The van der Waals surface area contributed by atoms with Gasteiger partial charge in [0, 0.05) is 38.1 Å². The van der Waals surface area contributed by atoms with Crippen LogP contribution in [0.3, 0.4) is 0 Å². The SMILES string of the molecule is Cn1ccnc1-c1sc(NC(=O)[C@@H]2CCCN(C(=O)c3cccs3)C2)nc1-c1ccccc1. The molecule has 2 amide bonds. The zero-order chi connectivity index (χ0) is 22.8. The molecule has 4 heterocycles. The Bertz CT molecular complexity index is 1260. The molecule has 7 nitrogen and oxygen atoms in total. The summed E-state index contributed by atoms with van der Waals surface area (Å²) >= 11 is 2.85. The van der Waals surface area contributed by atoms with Crippen molar-refractivity contribution in [2.45, 2.75) is 12.8 Å². The summed E-state index contributed by atoms with van der Waals surface area (Å²) in [5.74, 6) is 0.444. The maximum Gasteiger partial charge on any atom is 0.263 e. The predicted molar refractivity (Wildman–Crippen MR) is 131 cm³/mol. The van der Waals surface area contributed by atoms with Crippen molar-refractivity contribution in [2.75, 3.05) is 18.4 Å². The largest absolute Gasteiger partial charge is 0.337 e. The Morgan fingerprint density at radius 3 is 2.73 bits per heavy atom. The Morgan fingerprint density at radius 2 is 2.00 bits per heavy atom. The van der Waals surface area contributed by atoms with Crippen LogP contribution in [-0.2, 0) is 11.8 Å². The smallest absolute Gasteiger partial charge is 0.263 e. The number of imidazole rings is 1. The predicted octanol–water partition coefficient (Wildman–Crippen LogP) is 4.76. The van der Waals surface area contributed by atoms with Gasteiger partial charge in [-0.25, -0.2) is 9.97 Å². The molecule has 0 radical (unpaired) electrons. The van der Waals surface area contributed by atoms with Crippen LogP contribution in [0.5, 0.6) is 0 Å². The van der Waals surface area contributed by atoms with Crippen LogP contribution in [0.15, 0.2) is 60.2 Å². The Kier molecular flexibility index (Phi) is 6.06. The number of rotatable bonds is 5. The van der Waals surface area contributed by atoms with E-state index in [4.69, 9.17) is 4.98 Å². The summed E-state index contributed by atoms with van der Waals surface area (Å²) in [6, 6.07) is 13.6. The van der Waals surface area contributed by atoms with Gasteiger partial charge in [-0.3, -0.25) is 9.59 Å². The number of likely N-dealkylation sites (tertiary alicyclic amines) is 1. The molecule has 1 fully saturated rings. The average molecular weight is 478 g/mol. The molecule has 1 aliphatic heterocycles. The van der Waals surface area contributed by atoms with Crippen LogP contribution in [0.1, 0.15) is 22.5 Å². The summed E-state index contributed by atoms with van der Waals surface area (Å²) < 4.78 is 1.95. The summed E-state index contributed by atoms with van der Waals surface area (Å²) in [4.78, 5) is 38.5. The van der Waals surface area contributed by atoms with E-state index in [9.17, 15) is 9.59 Å². The molecule has 5 rings (SSSR count). The van der Waals surface area contributed by atoms with Gasteiger partial charge in [-0.05, 0) is 24.3 Å². The van der Waals surface area contributed by atoms with Gasteiger partial charge in [0.25, 0.3) is 5.91 Å². The molecule has 33 heavy (non-hydrogen) atoms. The van der Waals surface area contributed by atoms with E-state index in [1.807, 2.05) is 65.7 Å². The second-order valence-corrected chi connectivity index (χ2v) is 9.93. The second-order valence-electron chi connectivity index (χ2n) is 7.98. The van der Waals surface area contributed by atoms with Crippen LogP contribution in [0.2, 0.25) is 0 Å². The lowest BCUT2D eigenvalue weighted by Crippen LogP contribution is -2.43. The number of carbonyl (C=O) groups is 2. The number of piperidine rings is 1. The third-order valence-electron chi connectivity index (χ3n) is 5.74. The number of benzene rings is 1. The summed E-state index contributed by atoms with van der Waals surface area (Å²) in [7, 11) is 1.94. The van der Waals surface area contributed by atoms with Crippen molar-refractivity contribution < 1.29 is 9.59 Å². The zero-order valence-corrected chi connectivity index (χ0v) is 19.7. The van der Waals surface area contributed by atoms with E-state index < -0.39 is 0 Å². The highest BCUT2D eigenvalue weighted by molar-refractivity contribution is 7.19.